The lowest BCUT2D eigenvalue weighted by Gasteiger charge is -2.15. The number of nitrogens with one attached hydrogen (secondary N) is 1. The van der Waals surface area contributed by atoms with Crippen molar-refractivity contribution in [2.24, 2.45) is 0 Å². The maximum atomic E-state index is 10.7. The van der Waals surface area contributed by atoms with Gasteiger partial charge in [-0.3, -0.25) is 0 Å². The number of nitrogens with zero attached hydrogens (tertiary/aromatic N) is 1. The molecule has 3 aromatic carbocycles. The Kier molecular flexibility index (Phi) is 5.78. The van der Waals surface area contributed by atoms with Gasteiger partial charge in [-0.1, -0.05) is 29.8 Å². The molecule has 0 saturated carbocycles. The van der Waals surface area contributed by atoms with Gasteiger partial charge in [-0.25, -0.2) is 4.79 Å². The largest absolute Gasteiger partial charge is 0.478 e. The van der Waals surface area contributed by atoms with Gasteiger partial charge in [0.05, 0.1) is 11.6 Å². The Morgan fingerprint density at radius 1 is 1.16 bits per heavy atom. The monoisotopic (exact) mass is 432 g/mol. The number of benzene rings is 3. The molecule has 31 heavy (non-hydrogen) atoms. The molecule has 0 bridgehead atoms. The summed E-state index contributed by atoms with van der Waals surface area (Å²) >= 11 is 6.45. The van der Waals surface area contributed by atoms with E-state index in [4.69, 9.17) is 26.2 Å². The van der Waals surface area contributed by atoms with Crippen LogP contribution in [0.25, 0.3) is 6.08 Å². The fourth-order valence-electron chi connectivity index (χ4n) is 3.28. The molecule has 0 aliphatic carbocycles. The second-order valence-corrected chi connectivity index (χ2v) is 7.24. The third kappa shape index (κ3) is 4.63. The minimum absolute atomic E-state index is 0.161. The predicted molar refractivity (Wildman–Crippen MR) is 118 cm³/mol. The van der Waals surface area contributed by atoms with Crippen LogP contribution in [0.5, 0.6) is 11.5 Å². The van der Waals surface area contributed by atoms with Crippen LogP contribution in [0, 0.1) is 11.3 Å². The molecule has 3 aromatic rings. The molecule has 0 spiro atoms. The van der Waals surface area contributed by atoms with Gasteiger partial charge >= 0.3 is 5.97 Å². The molecule has 0 aromatic heterocycles. The van der Waals surface area contributed by atoms with Crippen molar-refractivity contribution in [1.29, 1.82) is 5.26 Å². The molecular weight excluding hydrogens is 416 g/mol. The lowest BCUT2D eigenvalue weighted by Crippen LogP contribution is -2.01. The highest BCUT2D eigenvalue weighted by Crippen LogP contribution is 2.38. The second-order valence-electron chi connectivity index (χ2n) is 6.84. The summed E-state index contributed by atoms with van der Waals surface area (Å²) in [5, 5.41) is 22.3. The van der Waals surface area contributed by atoms with Crippen LogP contribution in [0.15, 0.2) is 60.7 Å². The van der Waals surface area contributed by atoms with E-state index in [1.54, 1.807) is 12.1 Å². The summed E-state index contributed by atoms with van der Waals surface area (Å²) in [6, 6.07) is 18.6. The molecule has 0 saturated heterocycles. The van der Waals surface area contributed by atoms with Gasteiger partial charge in [0.15, 0.2) is 11.5 Å². The Morgan fingerprint density at radius 2 is 1.90 bits per heavy atom. The van der Waals surface area contributed by atoms with Gasteiger partial charge in [0.25, 0.3) is 0 Å². The lowest BCUT2D eigenvalue weighted by molar-refractivity contribution is -0.131. The van der Waals surface area contributed by atoms with E-state index in [0.717, 1.165) is 34.1 Å². The average molecular weight is 433 g/mol. The number of fused-ring (bicyclic) bond motifs is 1. The number of nitriles is 1. The van der Waals surface area contributed by atoms with E-state index in [2.05, 4.69) is 11.4 Å². The molecule has 0 radical (unpaired) electrons. The number of carboxylic acid groups (broad SMARTS) is 1. The first-order chi connectivity index (χ1) is 15.0. The average Bonchev–Trinajstić information content (AvgIpc) is 3.21. The maximum absolute atomic E-state index is 10.7. The molecule has 0 atom stereocenters. The molecule has 4 rings (SSSR count). The summed E-state index contributed by atoms with van der Waals surface area (Å²) in [4.78, 5) is 10.7. The van der Waals surface area contributed by atoms with Gasteiger partial charge in [0.1, 0.15) is 0 Å². The maximum Gasteiger partial charge on any atom is 0.328 e. The van der Waals surface area contributed by atoms with E-state index in [9.17, 15) is 10.1 Å². The van der Waals surface area contributed by atoms with Crippen LogP contribution < -0.4 is 14.8 Å². The summed E-state index contributed by atoms with van der Waals surface area (Å²) in [7, 11) is 0. The smallest absolute Gasteiger partial charge is 0.328 e. The van der Waals surface area contributed by atoms with Gasteiger partial charge in [-0.05, 0) is 53.1 Å². The molecule has 7 heteroatoms. The predicted octanol–water partition coefficient (Wildman–Crippen LogP) is 5.37. The topological polar surface area (TPSA) is 91.6 Å². The molecule has 0 fully saturated rings. The number of halogens is 1. The van der Waals surface area contributed by atoms with Crippen molar-refractivity contribution in [2.75, 3.05) is 12.1 Å². The minimum atomic E-state index is -0.998. The zero-order valence-corrected chi connectivity index (χ0v) is 17.0. The van der Waals surface area contributed by atoms with Crippen LogP contribution in [0.4, 0.5) is 11.4 Å². The molecule has 6 nitrogen and oxygen atoms in total. The summed E-state index contributed by atoms with van der Waals surface area (Å²) in [6.07, 6.45) is 3.04. The second kappa shape index (κ2) is 8.82. The third-order valence-electron chi connectivity index (χ3n) is 4.81. The first-order valence-corrected chi connectivity index (χ1v) is 9.79. The van der Waals surface area contributed by atoms with E-state index < -0.39 is 5.97 Å². The quantitative estimate of drug-likeness (QED) is 0.508. The molecule has 154 valence electrons. The van der Waals surface area contributed by atoms with Crippen LogP contribution >= 0.6 is 11.6 Å². The zero-order valence-electron chi connectivity index (χ0n) is 16.3. The number of anilines is 2. The first-order valence-electron chi connectivity index (χ1n) is 9.41. The highest BCUT2D eigenvalue weighted by molar-refractivity contribution is 6.31. The van der Waals surface area contributed by atoms with Crippen molar-refractivity contribution in [2.45, 2.75) is 6.42 Å². The van der Waals surface area contributed by atoms with Crippen molar-refractivity contribution < 1.29 is 19.4 Å². The van der Waals surface area contributed by atoms with E-state index in [-0.39, 0.29) is 6.79 Å². The van der Waals surface area contributed by atoms with E-state index in [1.807, 2.05) is 42.5 Å². The first kappa shape index (κ1) is 20.3. The Hall–Kier alpha value is -3.95. The third-order valence-corrected chi connectivity index (χ3v) is 5.17. The number of ether oxygens (including phenoxy) is 2. The molecule has 0 unspecified atom stereocenters. The number of hydrogen-bond acceptors (Lipinski definition) is 5. The van der Waals surface area contributed by atoms with Crippen molar-refractivity contribution in [3.63, 3.8) is 0 Å². The summed E-state index contributed by atoms with van der Waals surface area (Å²) in [5.74, 6) is 0.244. The van der Waals surface area contributed by atoms with Gasteiger partial charge in [-0.2, -0.15) is 5.26 Å². The number of carbonyl (C=O) groups is 1. The number of aliphatic carboxylic acids is 1. The van der Waals surface area contributed by atoms with Crippen molar-refractivity contribution in [3.8, 4) is 17.6 Å². The van der Waals surface area contributed by atoms with E-state index in [1.165, 1.54) is 6.08 Å². The van der Waals surface area contributed by atoms with Crippen molar-refractivity contribution in [3.05, 3.63) is 87.9 Å². The van der Waals surface area contributed by atoms with Gasteiger partial charge in [0, 0.05) is 35.0 Å². The van der Waals surface area contributed by atoms with E-state index >= 15 is 0 Å². The zero-order chi connectivity index (χ0) is 21.8. The Balaban J connectivity index is 1.63. The standard InChI is InChI=1S/C24H17ClN2O4/c25-20-12-23-22(30-14-31-23)11-17(20)10-19-16(13-26)2-1-3-21(19)27-18-7-4-15(5-8-18)6-9-24(28)29/h1-9,11-12,27H,10,14H2,(H,28,29)/b9-6+. The normalized spacial score (nSPS) is 12.0. The Bertz CT molecular complexity index is 1210. The highest BCUT2D eigenvalue weighted by atomic mass is 35.5. The van der Waals surface area contributed by atoms with E-state index in [0.29, 0.717) is 28.5 Å². The molecule has 1 aliphatic heterocycles. The van der Waals surface area contributed by atoms with Crippen molar-refractivity contribution in [1.82, 2.24) is 0 Å². The fraction of sp³-hybridized carbons (Fsp3) is 0.0833. The van der Waals surface area contributed by atoms with Crippen LogP contribution in [-0.2, 0) is 11.2 Å². The molecule has 1 aliphatic rings. The molecular formula is C24H17ClN2O4. The van der Waals surface area contributed by atoms with Gasteiger partial charge in [-0.15, -0.1) is 0 Å². The van der Waals surface area contributed by atoms with Crippen LogP contribution in [0.3, 0.4) is 0 Å². The fourth-order valence-corrected chi connectivity index (χ4v) is 3.51. The van der Waals surface area contributed by atoms with Crippen LogP contribution in [0.2, 0.25) is 5.02 Å². The summed E-state index contributed by atoms with van der Waals surface area (Å²) in [5.41, 5.74) is 4.53. The molecule has 0 amide bonds. The SMILES string of the molecule is N#Cc1cccc(Nc2ccc(/C=C/C(=O)O)cc2)c1Cc1cc2c(cc1Cl)OCO2. The summed E-state index contributed by atoms with van der Waals surface area (Å²) < 4.78 is 10.8. The van der Waals surface area contributed by atoms with Crippen molar-refractivity contribution >= 4 is 35.0 Å². The van der Waals surface area contributed by atoms with Gasteiger partial charge < -0.3 is 19.9 Å². The molecule has 2 N–H and O–H groups in total. The number of carboxylic acids is 1. The number of rotatable bonds is 6. The lowest BCUT2D eigenvalue weighted by atomic mass is 9.97. The minimum Gasteiger partial charge on any atom is -0.478 e. The Morgan fingerprint density at radius 3 is 2.61 bits per heavy atom. The summed E-state index contributed by atoms with van der Waals surface area (Å²) in [6.45, 7) is 0.161. The van der Waals surface area contributed by atoms with Gasteiger partial charge in [0.2, 0.25) is 6.79 Å². The Labute approximate surface area is 183 Å². The van der Waals surface area contributed by atoms with Crippen LogP contribution in [0.1, 0.15) is 22.3 Å². The molecule has 1 heterocycles. The van der Waals surface area contributed by atoms with Crippen LogP contribution in [-0.4, -0.2) is 17.9 Å². The number of hydrogen-bond donors (Lipinski definition) is 2. The highest BCUT2D eigenvalue weighted by Gasteiger charge is 2.18.